The first-order valence-electron chi connectivity index (χ1n) is 6.80. The molecule has 6 heteroatoms. The number of carbonyl (C=O) groups excluding carboxylic acids is 1. The quantitative estimate of drug-likeness (QED) is 0.862. The van der Waals surface area contributed by atoms with Crippen molar-refractivity contribution in [2.45, 2.75) is 25.6 Å². The van der Waals surface area contributed by atoms with E-state index in [9.17, 15) is 9.90 Å². The Morgan fingerprint density at radius 1 is 1.48 bits per heavy atom. The molecule has 1 aliphatic rings. The third-order valence-electron chi connectivity index (χ3n) is 3.35. The Balaban J connectivity index is 2.08. The van der Waals surface area contributed by atoms with Crippen LogP contribution in [-0.4, -0.2) is 53.7 Å². The summed E-state index contributed by atoms with van der Waals surface area (Å²) in [6.07, 6.45) is -0.276. The van der Waals surface area contributed by atoms with E-state index >= 15 is 0 Å². The van der Waals surface area contributed by atoms with E-state index in [1.807, 2.05) is 18.7 Å². The van der Waals surface area contributed by atoms with Crippen molar-refractivity contribution < 1.29 is 14.6 Å². The van der Waals surface area contributed by atoms with E-state index in [1.54, 1.807) is 18.2 Å². The number of Topliss-reactive ketones (excluding diaryl/α,β-unsaturated/α-hetero) is 1. The van der Waals surface area contributed by atoms with Crippen LogP contribution in [0.25, 0.3) is 0 Å². The first kappa shape index (κ1) is 16.7. The van der Waals surface area contributed by atoms with Crippen molar-refractivity contribution in [3.05, 3.63) is 33.8 Å². The van der Waals surface area contributed by atoms with Crippen molar-refractivity contribution in [2.75, 3.05) is 26.2 Å². The molecule has 0 spiro atoms. The van der Waals surface area contributed by atoms with Crippen LogP contribution in [0.2, 0.25) is 10.0 Å². The predicted molar refractivity (Wildman–Crippen MR) is 83.3 cm³/mol. The number of hydrogen-bond donors (Lipinski definition) is 1. The van der Waals surface area contributed by atoms with Crippen LogP contribution in [0.5, 0.6) is 0 Å². The van der Waals surface area contributed by atoms with Gasteiger partial charge in [0, 0.05) is 23.7 Å². The Kier molecular flexibility index (Phi) is 5.28. The normalized spacial score (nSPS) is 22.2. The van der Waals surface area contributed by atoms with Gasteiger partial charge in [-0.25, -0.2) is 0 Å². The predicted octanol–water partition coefficient (Wildman–Crippen LogP) is 2.65. The number of ether oxygens (including phenoxy) is 1. The van der Waals surface area contributed by atoms with Gasteiger partial charge in [-0.3, -0.25) is 9.69 Å². The minimum atomic E-state index is -0.393. The molecule has 0 radical (unpaired) electrons. The van der Waals surface area contributed by atoms with Gasteiger partial charge in [0.2, 0.25) is 0 Å². The highest BCUT2D eigenvalue weighted by molar-refractivity contribution is 6.36. The number of morpholine rings is 1. The minimum Gasteiger partial charge on any atom is -0.394 e. The number of ketones is 1. The van der Waals surface area contributed by atoms with Crippen molar-refractivity contribution >= 4 is 29.0 Å². The largest absolute Gasteiger partial charge is 0.394 e. The van der Waals surface area contributed by atoms with E-state index in [2.05, 4.69) is 0 Å². The highest BCUT2D eigenvalue weighted by Crippen LogP contribution is 2.24. The molecule has 1 saturated heterocycles. The molecule has 0 aromatic heterocycles. The molecule has 0 aliphatic carbocycles. The Hall–Kier alpha value is -0.650. The number of carbonyl (C=O) groups is 1. The van der Waals surface area contributed by atoms with Gasteiger partial charge in [0.15, 0.2) is 5.78 Å². The molecule has 1 aliphatic heterocycles. The maximum absolute atomic E-state index is 12.4. The number of rotatable bonds is 4. The number of halogens is 2. The first-order valence-corrected chi connectivity index (χ1v) is 7.55. The summed E-state index contributed by atoms with van der Waals surface area (Å²) in [6.45, 7) is 5.22. The maximum atomic E-state index is 12.4. The molecular weight excluding hydrogens is 313 g/mol. The Morgan fingerprint density at radius 3 is 2.81 bits per heavy atom. The summed E-state index contributed by atoms with van der Waals surface area (Å²) in [6, 6.07) is 4.86. The van der Waals surface area contributed by atoms with Crippen molar-refractivity contribution in [1.29, 1.82) is 0 Å². The lowest BCUT2D eigenvalue weighted by molar-refractivity contribution is -0.146. The van der Waals surface area contributed by atoms with Gasteiger partial charge in [-0.2, -0.15) is 0 Å². The third-order valence-corrected chi connectivity index (χ3v) is 3.90. The molecule has 1 aromatic carbocycles. The molecule has 21 heavy (non-hydrogen) atoms. The number of aliphatic hydroxyl groups is 1. The van der Waals surface area contributed by atoms with Gasteiger partial charge in [0.1, 0.15) is 0 Å². The summed E-state index contributed by atoms with van der Waals surface area (Å²) in [4.78, 5) is 14.4. The summed E-state index contributed by atoms with van der Waals surface area (Å²) >= 11 is 11.9. The van der Waals surface area contributed by atoms with Crippen LogP contribution in [0.15, 0.2) is 18.2 Å². The number of aliphatic hydroxyl groups excluding tert-OH is 1. The molecule has 1 N–H and O–H groups in total. The van der Waals surface area contributed by atoms with Gasteiger partial charge in [-0.05, 0) is 32.0 Å². The minimum absolute atomic E-state index is 0.0597. The average molecular weight is 332 g/mol. The smallest absolute Gasteiger partial charge is 0.178 e. The molecule has 1 aromatic rings. The SMILES string of the molecule is CC1(C)CN(CC(=O)c2ccc(Cl)cc2Cl)CC(CO)O1. The standard InChI is InChI=1S/C15H19Cl2NO3/c1-15(2)9-18(6-11(8-19)21-15)7-14(20)12-4-3-10(16)5-13(12)17/h3-5,11,19H,6-9H2,1-2H3. The summed E-state index contributed by atoms with van der Waals surface area (Å²) in [7, 11) is 0. The van der Waals surface area contributed by atoms with Crippen LogP contribution in [0.3, 0.4) is 0 Å². The van der Waals surface area contributed by atoms with Crippen LogP contribution in [0.1, 0.15) is 24.2 Å². The van der Waals surface area contributed by atoms with Gasteiger partial charge in [-0.15, -0.1) is 0 Å². The number of hydrogen-bond acceptors (Lipinski definition) is 4. The molecule has 1 fully saturated rings. The van der Waals surface area contributed by atoms with Gasteiger partial charge in [-0.1, -0.05) is 23.2 Å². The molecule has 1 heterocycles. The van der Waals surface area contributed by atoms with Gasteiger partial charge in [0.25, 0.3) is 0 Å². The van der Waals surface area contributed by atoms with Gasteiger partial charge < -0.3 is 9.84 Å². The molecule has 2 rings (SSSR count). The van der Waals surface area contributed by atoms with E-state index < -0.39 is 5.60 Å². The molecular formula is C15H19Cl2NO3. The van der Waals surface area contributed by atoms with E-state index in [1.165, 1.54) is 0 Å². The van der Waals surface area contributed by atoms with Crippen molar-refractivity contribution in [2.24, 2.45) is 0 Å². The second kappa shape index (κ2) is 6.63. The first-order chi connectivity index (χ1) is 9.80. The Bertz CT molecular complexity index is 534. The van der Waals surface area contributed by atoms with Crippen LogP contribution < -0.4 is 0 Å². The zero-order chi connectivity index (χ0) is 15.6. The summed E-state index contributed by atoms with van der Waals surface area (Å²) in [5.74, 6) is -0.0638. The molecule has 116 valence electrons. The molecule has 1 atom stereocenters. The number of nitrogens with zero attached hydrogens (tertiary/aromatic N) is 1. The van der Waals surface area contributed by atoms with E-state index in [0.29, 0.717) is 28.7 Å². The topological polar surface area (TPSA) is 49.8 Å². The fourth-order valence-corrected chi connectivity index (χ4v) is 3.15. The van der Waals surface area contributed by atoms with Gasteiger partial charge in [0.05, 0.1) is 29.9 Å². The van der Waals surface area contributed by atoms with Crippen molar-refractivity contribution in [3.63, 3.8) is 0 Å². The molecule has 4 nitrogen and oxygen atoms in total. The van der Waals surface area contributed by atoms with E-state index in [0.717, 1.165) is 0 Å². The lowest BCUT2D eigenvalue weighted by atomic mass is 10.0. The summed E-state index contributed by atoms with van der Waals surface area (Å²) in [5, 5.41) is 10.2. The van der Waals surface area contributed by atoms with Crippen LogP contribution in [-0.2, 0) is 4.74 Å². The zero-order valence-electron chi connectivity index (χ0n) is 12.1. The second-order valence-electron chi connectivity index (χ2n) is 5.90. The van der Waals surface area contributed by atoms with Crippen LogP contribution in [0, 0.1) is 0 Å². The van der Waals surface area contributed by atoms with Crippen molar-refractivity contribution in [3.8, 4) is 0 Å². The lowest BCUT2D eigenvalue weighted by Crippen LogP contribution is -2.54. The summed E-state index contributed by atoms with van der Waals surface area (Å²) in [5.41, 5.74) is 0.0707. The second-order valence-corrected chi connectivity index (χ2v) is 6.74. The Labute approximate surface area is 134 Å². The fraction of sp³-hybridized carbons (Fsp3) is 0.533. The maximum Gasteiger partial charge on any atom is 0.178 e. The average Bonchev–Trinajstić information content (AvgIpc) is 2.36. The van der Waals surface area contributed by atoms with E-state index in [4.69, 9.17) is 27.9 Å². The lowest BCUT2D eigenvalue weighted by Gasteiger charge is -2.42. The highest BCUT2D eigenvalue weighted by atomic mass is 35.5. The summed E-state index contributed by atoms with van der Waals surface area (Å²) < 4.78 is 5.73. The number of benzene rings is 1. The third kappa shape index (κ3) is 4.41. The van der Waals surface area contributed by atoms with Crippen LogP contribution >= 0.6 is 23.2 Å². The van der Waals surface area contributed by atoms with Crippen molar-refractivity contribution in [1.82, 2.24) is 4.90 Å². The zero-order valence-corrected chi connectivity index (χ0v) is 13.6. The molecule has 1 unspecified atom stereocenters. The van der Waals surface area contributed by atoms with Crippen LogP contribution in [0.4, 0.5) is 0 Å². The molecule has 0 bridgehead atoms. The Morgan fingerprint density at radius 2 is 2.19 bits per heavy atom. The monoisotopic (exact) mass is 331 g/mol. The van der Waals surface area contributed by atoms with E-state index in [-0.39, 0.29) is 25.0 Å². The molecule has 0 saturated carbocycles. The fourth-order valence-electron chi connectivity index (χ4n) is 2.64. The molecule has 0 amide bonds. The highest BCUT2D eigenvalue weighted by Gasteiger charge is 2.33. The van der Waals surface area contributed by atoms with Gasteiger partial charge >= 0.3 is 0 Å².